The molecule has 0 spiro atoms. The van der Waals surface area contributed by atoms with Gasteiger partial charge in [0.15, 0.2) is 0 Å². The van der Waals surface area contributed by atoms with E-state index in [1.54, 1.807) is 0 Å². The third-order valence-electron chi connectivity index (χ3n) is 7.34. The van der Waals surface area contributed by atoms with Crippen molar-refractivity contribution in [2.24, 2.45) is 17.8 Å². The lowest BCUT2D eigenvalue weighted by atomic mass is 9.97. The average Bonchev–Trinajstić information content (AvgIpc) is 3.22. The quantitative estimate of drug-likeness (QED) is 0.787. The summed E-state index contributed by atoms with van der Waals surface area (Å²) in [6.07, 6.45) is 5.39. The number of rotatable bonds is 3. The highest BCUT2D eigenvalue weighted by molar-refractivity contribution is 5.85. The maximum atomic E-state index is 13.5. The Morgan fingerprint density at radius 3 is 2.62 bits per heavy atom. The molecule has 1 N–H and O–H groups in total. The fraction of sp³-hybridized carbons (Fsp3) is 0.654. The molecule has 3 aliphatic rings. The zero-order valence-corrected chi connectivity index (χ0v) is 19.5. The van der Waals surface area contributed by atoms with Crippen molar-refractivity contribution < 1.29 is 14.4 Å². The molecule has 3 atom stereocenters. The summed E-state index contributed by atoms with van der Waals surface area (Å²) in [4.78, 5) is 43.6. The van der Waals surface area contributed by atoms with E-state index in [-0.39, 0.29) is 41.5 Å². The minimum Gasteiger partial charge on any atom is -0.356 e. The van der Waals surface area contributed by atoms with Crippen LogP contribution in [-0.2, 0) is 27.3 Å². The first-order valence-electron chi connectivity index (χ1n) is 12.4. The second-order valence-electron chi connectivity index (χ2n) is 10.2. The number of hydrogen-bond donors (Lipinski definition) is 1. The number of nitrogens with one attached hydrogen (secondary N) is 1. The number of nitrogens with zero attached hydrogens (tertiary/aromatic N) is 2. The molecule has 0 radical (unpaired) electrons. The van der Waals surface area contributed by atoms with Crippen LogP contribution in [0.4, 0.5) is 0 Å². The van der Waals surface area contributed by atoms with Crippen LogP contribution in [0.1, 0.15) is 63.5 Å². The summed E-state index contributed by atoms with van der Waals surface area (Å²) in [6, 6.07) is 8.15. The first-order chi connectivity index (χ1) is 15.4. The highest BCUT2D eigenvalue weighted by Gasteiger charge is 2.46. The molecule has 1 aromatic rings. The zero-order valence-electron chi connectivity index (χ0n) is 19.5. The van der Waals surface area contributed by atoms with Gasteiger partial charge in [-0.1, -0.05) is 38.1 Å². The van der Waals surface area contributed by atoms with Gasteiger partial charge in [0, 0.05) is 44.6 Å². The maximum Gasteiger partial charge on any atom is 0.226 e. The van der Waals surface area contributed by atoms with Crippen molar-refractivity contribution in [2.75, 3.05) is 19.6 Å². The van der Waals surface area contributed by atoms with Crippen LogP contribution in [0.5, 0.6) is 0 Å². The smallest absolute Gasteiger partial charge is 0.226 e. The highest BCUT2D eigenvalue weighted by Crippen LogP contribution is 2.38. The lowest BCUT2D eigenvalue weighted by molar-refractivity contribution is -0.139. The SMILES string of the molecule is CC(C)CC(=O)N1CCCCCNC(=O)[C@H]2C[C@H](C(=O)N3CCc4ccccc4C3)C[C@H]21. The molecule has 2 aliphatic heterocycles. The van der Waals surface area contributed by atoms with E-state index in [0.717, 1.165) is 32.2 Å². The normalized spacial score (nSPS) is 26.3. The van der Waals surface area contributed by atoms with Gasteiger partial charge in [0.2, 0.25) is 17.7 Å². The van der Waals surface area contributed by atoms with E-state index in [4.69, 9.17) is 0 Å². The third kappa shape index (κ3) is 5.00. The zero-order chi connectivity index (χ0) is 22.7. The van der Waals surface area contributed by atoms with E-state index in [2.05, 4.69) is 37.4 Å². The molecule has 174 valence electrons. The topological polar surface area (TPSA) is 69.7 Å². The van der Waals surface area contributed by atoms with Crippen molar-refractivity contribution in [2.45, 2.75) is 71.4 Å². The van der Waals surface area contributed by atoms with Crippen molar-refractivity contribution in [3.05, 3.63) is 35.4 Å². The molecule has 1 saturated carbocycles. The largest absolute Gasteiger partial charge is 0.356 e. The van der Waals surface area contributed by atoms with Crippen LogP contribution in [0.15, 0.2) is 24.3 Å². The average molecular weight is 440 g/mol. The number of hydrogen-bond acceptors (Lipinski definition) is 3. The van der Waals surface area contributed by atoms with Gasteiger partial charge in [-0.15, -0.1) is 0 Å². The van der Waals surface area contributed by atoms with Gasteiger partial charge in [0.05, 0.1) is 5.92 Å². The maximum absolute atomic E-state index is 13.5. The van der Waals surface area contributed by atoms with Gasteiger partial charge in [-0.05, 0) is 55.6 Å². The highest BCUT2D eigenvalue weighted by atomic mass is 16.2. The van der Waals surface area contributed by atoms with E-state index >= 15 is 0 Å². The Morgan fingerprint density at radius 1 is 1.06 bits per heavy atom. The van der Waals surface area contributed by atoms with E-state index in [0.29, 0.717) is 38.9 Å². The molecule has 2 fully saturated rings. The number of benzene rings is 1. The van der Waals surface area contributed by atoms with Crippen LogP contribution < -0.4 is 5.32 Å². The first kappa shape index (κ1) is 22.8. The minimum absolute atomic E-state index is 0.0125. The van der Waals surface area contributed by atoms with Crippen molar-refractivity contribution in [1.29, 1.82) is 0 Å². The molecule has 32 heavy (non-hydrogen) atoms. The summed E-state index contributed by atoms with van der Waals surface area (Å²) in [5, 5.41) is 3.07. The lowest BCUT2D eigenvalue weighted by Crippen LogP contribution is -2.48. The van der Waals surface area contributed by atoms with Gasteiger partial charge < -0.3 is 15.1 Å². The molecule has 0 unspecified atom stereocenters. The van der Waals surface area contributed by atoms with Crippen LogP contribution in [0.25, 0.3) is 0 Å². The van der Waals surface area contributed by atoms with Gasteiger partial charge in [-0.3, -0.25) is 14.4 Å². The van der Waals surface area contributed by atoms with Crippen LogP contribution in [-0.4, -0.2) is 53.2 Å². The molecule has 6 nitrogen and oxygen atoms in total. The van der Waals surface area contributed by atoms with Gasteiger partial charge >= 0.3 is 0 Å². The Balaban J connectivity index is 1.52. The first-order valence-corrected chi connectivity index (χ1v) is 12.4. The molecule has 1 aromatic carbocycles. The van der Waals surface area contributed by atoms with E-state index in [1.807, 2.05) is 15.9 Å². The van der Waals surface area contributed by atoms with Crippen LogP contribution in [0.2, 0.25) is 0 Å². The van der Waals surface area contributed by atoms with Crippen LogP contribution in [0, 0.1) is 17.8 Å². The Hall–Kier alpha value is -2.37. The summed E-state index contributed by atoms with van der Waals surface area (Å²) in [7, 11) is 0. The van der Waals surface area contributed by atoms with Gasteiger partial charge in [-0.2, -0.15) is 0 Å². The van der Waals surface area contributed by atoms with Crippen molar-refractivity contribution in [1.82, 2.24) is 15.1 Å². The second-order valence-corrected chi connectivity index (χ2v) is 10.2. The number of fused-ring (bicyclic) bond motifs is 2. The Morgan fingerprint density at radius 2 is 1.84 bits per heavy atom. The third-order valence-corrected chi connectivity index (χ3v) is 7.34. The van der Waals surface area contributed by atoms with Crippen LogP contribution >= 0.6 is 0 Å². The molecule has 2 heterocycles. The molecule has 1 saturated heterocycles. The molecule has 0 aromatic heterocycles. The molecular weight excluding hydrogens is 402 g/mol. The van der Waals surface area contributed by atoms with Crippen molar-refractivity contribution in [3.8, 4) is 0 Å². The molecule has 6 heteroatoms. The Kier molecular flexibility index (Phi) is 7.17. The number of carbonyl (C=O) groups excluding carboxylic acids is 3. The van der Waals surface area contributed by atoms with E-state index in [1.165, 1.54) is 11.1 Å². The fourth-order valence-electron chi connectivity index (χ4n) is 5.65. The Bertz CT molecular complexity index is 852. The van der Waals surface area contributed by atoms with Gasteiger partial charge in [0.1, 0.15) is 0 Å². The summed E-state index contributed by atoms with van der Waals surface area (Å²) >= 11 is 0. The molecule has 1 aliphatic carbocycles. The summed E-state index contributed by atoms with van der Waals surface area (Å²) < 4.78 is 0. The molecule has 3 amide bonds. The molecule has 4 rings (SSSR count). The van der Waals surface area contributed by atoms with E-state index in [9.17, 15) is 14.4 Å². The van der Waals surface area contributed by atoms with Crippen LogP contribution in [0.3, 0.4) is 0 Å². The molecular formula is C26H37N3O3. The predicted molar refractivity (Wildman–Crippen MR) is 124 cm³/mol. The summed E-state index contributed by atoms with van der Waals surface area (Å²) in [5.74, 6) is 0.0663. The van der Waals surface area contributed by atoms with Crippen molar-refractivity contribution >= 4 is 17.7 Å². The number of amides is 3. The minimum atomic E-state index is -0.296. The van der Waals surface area contributed by atoms with Gasteiger partial charge in [-0.25, -0.2) is 0 Å². The molecule has 0 bridgehead atoms. The summed E-state index contributed by atoms with van der Waals surface area (Å²) in [6.45, 7) is 6.85. The fourth-order valence-corrected chi connectivity index (χ4v) is 5.65. The monoisotopic (exact) mass is 439 g/mol. The Labute approximate surface area is 191 Å². The second kappa shape index (κ2) is 10.1. The standard InChI is InChI=1S/C26H37N3O3/c1-18(2)14-24(30)29-12-7-3-6-11-27-25(31)22-15-21(16-23(22)29)26(32)28-13-10-19-8-4-5-9-20(19)17-28/h4-5,8-9,18,21-23H,3,6-7,10-17H2,1-2H3,(H,27,31)/t21-,22-,23+/m0/s1. The predicted octanol–water partition coefficient (Wildman–Crippen LogP) is 3.14. The van der Waals surface area contributed by atoms with Gasteiger partial charge in [0.25, 0.3) is 0 Å². The summed E-state index contributed by atoms with van der Waals surface area (Å²) in [5.41, 5.74) is 2.54. The van der Waals surface area contributed by atoms with E-state index < -0.39 is 0 Å². The van der Waals surface area contributed by atoms with Crippen molar-refractivity contribution in [3.63, 3.8) is 0 Å². The lowest BCUT2D eigenvalue weighted by Gasteiger charge is -2.34. The number of carbonyl (C=O) groups is 3.